The smallest absolute Gasteiger partial charge is 0.240 e. The standard InChI is InChI=1S/C19H26N4O4/c1-13-16(14(2)27-21-13)8-23-11-19(12-23)10-22(3)17(9-26-19)18(24)20-7-15-5-4-6-25-15/h4-6,17H,7-12H2,1-3H3,(H,20,24). The Hall–Kier alpha value is -2.16. The van der Waals surface area contributed by atoms with Gasteiger partial charge in [0.1, 0.15) is 23.2 Å². The molecule has 2 fully saturated rings. The van der Waals surface area contributed by atoms with Gasteiger partial charge >= 0.3 is 0 Å². The first-order valence-electron chi connectivity index (χ1n) is 9.24. The summed E-state index contributed by atoms with van der Waals surface area (Å²) in [4.78, 5) is 16.9. The van der Waals surface area contributed by atoms with E-state index in [-0.39, 0.29) is 17.6 Å². The molecule has 2 aromatic rings. The van der Waals surface area contributed by atoms with Crippen molar-refractivity contribution in [3.05, 3.63) is 41.2 Å². The van der Waals surface area contributed by atoms with Gasteiger partial charge in [-0.25, -0.2) is 0 Å². The monoisotopic (exact) mass is 374 g/mol. The molecule has 0 saturated carbocycles. The van der Waals surface area contributed by atoms with Crippen LogP contribution < -0.4 is 5.32 Å². The van der Waals surface area contributed by atoms with Gasteiger partial charge < -0.3 is 19.0 Å². The summed E-state index contributed by atoms with van der Waals surface area (Å²) in [5.74, 6) is 1.59. The molecule has 0 aromatic carbocycles. The summed E-state index contributed by atoms with van der Waals surface area (Å²) >= 11 is 0. The SMILES string of the molecule is Cc1noc(C)c1CN1CC2(C1)CN(C)C(C(=O)NCc1ccco1)CO2. The Morgan fingerprint density at radius 1 is 1.37 bits per heavy atom. The fourth-order valence-electron chi connectivity index (χ4n) is 4.00. The molecule has 0 aliphatic carbocycles. The van der Waals surface area contributed by atoms with E-state index in [9.17, 15) is 4.79 Å². The number of likely N-dealkylation sites (N-methyl/N-ethyl adjacent to an activating group) is 1. The number of nitrogens with one attached hydrogen (secondary N) is 1. The van der Waals surface area contributed by atoms with Crippen LogP contribution in [0, 0.1) is 13.8 Å². The van der Waals surface area contributed by atoms with Gasteiger partial charge in [0.25, 0.3) is 0 Å². The number of amides is 1. The Kier molecular flexibility index (Phi) is 4.79. The normalized spacial score (nSPS) is 22.7. The Morgan fingerprint density at radius 3 is 2.81 bits per heavy atom. The second-order valence-corrected chi connectivity index (χ2v) is 7.67. The van der Waals surface area contributed by atoms with Crippen molar-refractivity contribution in [1.82, 2.24) is 20.3 Å². The van der Waals surface area contributed by atoms with Crippen molar-refractivity contribution in [2.24, 2.45) is 0 Å². The number of rotatable bonds is 5. The van der Waals surface area contributed by atoms with E-state index in [1.165, 1.54) is 0 Å². The first-order valence-corrected chi connectivity index (χ1v) is 9.24. The van der Waals surface area contributed by atoms with E-state index in [2.05, 4.69) is 20.3 Å². The molecule has 1 spiro atoms. The van der Waals surface area contributed by atoms with Crippen LogP contribution in [0.3, 0.4) is 0 Å². The van der Waals surface area contributed by atoms with Gasteiger partial charge in [0.15, 0.2) is 0 Å². The molecule has 0 radical (unpaired) electrons. The lowest BCUT2D eigenvalue weighted by Crippen LogP contribution is -2.72. The van der Waals surface area contributed by atoms with E-state index in [4.69, 9.17) is 13.7 Å². The minimum absolute atomic E-state index is 0.0318. The number of carbonyl (C=O) groups is 1. The highest BCUT2D eigenvalue weighted by atomic mass is 16.5. The molecule has 146 valence electrons. The fraction of sp³-hybridized carbons (Fsp3) is 0.579. The summed E-state index contributed by atoms with van der Waals surface area (Å²) < 4.78 is 16.6. The van der Waals surface area contributed by atoms with Crippen molar-refractivity contribution in [2.75, 3.05) is 33.3 Å². The summed E-state index contributed by atoms with van der Waals surface area (Å²) in [5.41, 5.74) is 1.92. The topological polar surface area (TPSA) is 84.0 Å². The molecular formula is C19H26N4O4. The van der Waals surface area contributed by atoms with Gasteiger partial charge in [-0.3, -0.25) is 14.6 Å². The largest absolute Gasteiger partial charge is 0.467 e. The number of aromatic nitrogens is 1. The maximum atomic E-state index is 12.5. The third-order valence-corrected chi connectivity index (χ3v) is 5.52. The molecule has 1 atom stereocenters. The molecule has 8 heteroatoms. The fourth-order valence-corrected chi connectivity index (χ4v) is 4.00. The summed E-state index contributed by atoms with van der Waals surface area (Å²) in [7, 11) is 1.98. The molecule has 1 unspecified atom stereocenters. The van der Waals surface area contributed by atoms with Crippen LogP contribution in [0.4, 0.5) is 0 Å². The van der Waals surface area contributed by atoms with Gasteiger partial charge in [0.05, 0.1) is 25.1 Å². The third-order valence-electron chi connectivity index (χ3n) is 5.52. The minimum Gasteiger partial charge on any atom is -0.467 e. The van der Waals surface area contributed by atoms with Crippen LogP contribution in [0.15, 0.2) is 27.3 Å². The van der Waals surface area contributed by atoms with Crippen LogP contribution in [0.1, 0.15) is 22.8 Å². The van der Waals surface area contributed by atoms with Gasteiger partial charge in [-0.2, -0.15) is 0 Å². The highest BCUT2D eigenvalue weighted by Gasteiger charge is 2.49. The molecule has 2 saturated heterocycles. The zero-order valence-electron chi connectivity index (χ0n) is 16.0. The molecule has 4 rings (SSSR count). The van der Waals surface area contributed by atoms with Gasteiger partial charge in [-0.05, 0) is 33.0 Å². The number of ether oxygens (including phenoxy) is 1. The predicted molar refractivity (Wildman–Crippen MR) is 96.9 cm³/mol. The molecular weight excluding hydrogens is 348 g/mol. The van der Waals surface area contributed by atoms with Crippen molar-refractivity contribution >= 4 is 5.91 Å². The molecule has 4 heterocycles. The number of likely N-dealkylation sites (tertiary alicyclic amines) is 1. The summed E-state index contributed by atoms with van der Waals surface area (Å²) in [6.07, 6.45) is 1.60. The van der Waals surface area contributed by atoms with Gasteiger partial charge in [-0.1, -0.05) is 5.16 Å². The Balaban J connectivity index is 1.27. The van der Waals surface area contributed by atoms with E-state index in [0.717, 1.165) is 49.0 Å². The van der Waals surface area contributed by atoms with E-state index >= 15 is 0 Å². The van der Waals surface area contributed by atoms with Crippen molar-refractivity contribution in [3.63, 3.8) is 0 Å². The number of furan rings is 1. The van der Waals surface area contributed by atoms with Crippen LogP contribution in [0.5, 0.6) is 0 Å². The highest BCUT2D eigenvalue weighted by molar-refractivity contribution is 5.82. The van der Waals surface area contributed by atoms with E-state index < -0.39 is 0 Å². The second kappa shape index (κ2) is 7.10. The molecule has 2 aromatic heterocycles. The van der Waals surface area contributed by atoms with Gasteiger partial charge in [0.2, 0.25) is 5.91 Å². The summed E-state index contributed by atoms with van der Waals surface area (Å²) in [6.45, 7) is 7.98. The molecule has 1 amide bonds. The lowest BCUT2D eigenvalue weighted by molar-refractivity contribution is -0.198. The summed E-state index contributed by atoms with van der Waals surface area (Å²) in [5, 5.41) is 6.93. The Bertz CT molecular complexity index is 775. The van der Waals surface area contributed by atoms with Gasteiger partial charge in [-0.15, -0.1) is 0 Å². The molecule has 27 heavy (non-hydrogen) atoms. The maximum absolute atomic E-state index is 12.5. The zero-order chi connectivity index (χ0) is 19.0. The Morgan fingerprint density at radius 2 is 2.19 bits per heavy atom. The summed E-state index contributed by atoms with van der Waals surface area (Å²) in [6, 6.07) is 3.38. The van der Waals surface area contributed by atoms with Crippen molar-refractivity contribution in [3.8, 4) is 0 Å². The Labute approximate surface area is 158 Å². The maximum Gasteiger partial charge on any atom is 0.240 e. The predicted octanol–water partition coefficient (Wildman–Crippen LogP) is 1.09. The van der Waals surface area contributed by atoms with Crippen molar-refractivity contribution < 1.29 is 18.5 Å². The van der Waals surface area contributed by atoms with Crippen LogP contribution in [0.25, 0.3) is 0 Å². The average molecular weight is 374 g/mol. The van der Waals surface area contributed by atoms with E-state index in [0.29, 0.717) is 13.2 Å². The van der Waals surface area contributed by atoms with Crippen LogP contribution in [-0.2, 0) is 22.6 Å². The van der Waals surface area contributed by atoms with Crippen LogP contribution in [0.2, 0.25) is 0 Å². The number of aryl methyl sites for hydroxylation is 2. The minimum atomic E-state index is -0.276. The lowest BCUT2D eigenvalue weighted by atomic mass is 9.90. The number of hydrogen-bond donors (Lipinski definition) is 1. The van der Waals surface area contributed by atoms with Crippen molar-refractivity contribution in [2.45, 2.75) is 38.6 Å². The molecule has 0 bridgehead atoms. The highest BCUT2D eigenvalue weighted by Crippen LogP contribution is 2.32. The number of morpholine rings is 1. The molecule has 8 nitrogen and oxygen atoms in total. The molecule has 1 N–H and O–H groups in total. The third kappa shape index (κ3) is 3.65. The van der Waals surface area contributed by atoms with Crippen LogP contribution >= 0.6 is 0 Å². The lowest BCUT2D eigenvalue weighted by Gasteiger charge is -2.55. The zero-order valence-corrected chi connectivity index (χ0v) is 16.0. The second-order valence-electron chi connectivity index (χ2n) is 7.67. The number of carbonyl (C=O) groups excluding carboxylic acids is 1. The first kappa shape index (κ1) is 18.2. The number of hydrogen-bond acceptors (Lipinski definition) is 7. The first-order chi connectivity index (χ1) is 13.0. The average Bonchev–Trinajstić information content (AvgIpc) is 3.23. The molecule has 2 aliphatic heterocycles. The number of nitrogens with zero attached hydrogens (tertiary/aromatic N) is 3. The van der Waals surface area contributed by atoms with Crippen molar-refractivity contribution in [1.29, 1.82) is 0 Å². The van der Waals surface area contributed by atoms with Crippen LogP contribution in [-0.4, -0.2) is 65.8 Å². The van der Waals surface area contributed by atoms with E-state index in [1.54, 1.807) is 6.26 Å². The quantitative estimate of drug-likeness (QED) is 0.838. The molecule has 2 aliphatic rings. The van der Waals surface area contributed by atoms with E-state index in [1.807, 2.05) is 33.0 Å². The van der Waals surface area contributed by atoms with Gasteiger partial charge in [0, 0.05) is 31.7 Å².